The minimum Gasteiger partial charge on any atom is -0.316 e. The van der Waals surface area contributed by atoms with E-state index >= 15 is 0 Å². The summed E-state index contributed by atoms with van der Waals surface area (Å²) in [4.78, 5) is 26.2. The van der Waals surface area contributed by atoms with Crippen LogP contribution in [0.5, 0.6) is 0 Å². The first-order valence-corrected chi connectivity index (χ1v) is 6.52. The zero-order valence-corrected chi connectivity index (χ0v) is 12.2. The summed E-state index contributed by atoms with van der Waals surface area (Å²) >= 11 is 9.00. The second-order valence-corrected chi connectivity index (χ2v) is 4.99. The van der Waals surface area contributed by atoms with Gasteiger partial charge in [0, 0.05) is 16.7 Å². The summed E-state index contributed by atoms with van der Waals surface area (Å²) in [5, 5.41) is 13.4. The molecular weight excluding hydrogens is 350 g/mol. The first-order chi connectivity index (χ1) is 9.49. The Morgan fingerprint density at radius 3 is 2.80 bits per heavy atom. The van der Waals surface area contributed by atoms with Gasteiger partial charge in [0.25, 0.3) is 11.6 Å². The van der Waals surface area contributed by atoms with Crippen LogP contribution in [0.1, 0.15) is 10.4 Å². The summed E-state index contributed by atoms with van der Waals surface area (Å²) in [6, 6.07) is 7.29. The third kappa shape index (κ3) is 3.12. The van der Waals surface area contributed by atoms with Crippen LogP contribution in [-0.4, -0.2) is 15.8 Å². The summed E-state index contributed by atoms with van der Waals surface area (Å²) in [5.41, 5.74) is 0.0132. The quantitative estimate of drug-likeness (QED) is 0.516. The molecule has 0 saturated heterocycles. The molecule has 1 amide bonds. The SMILES string of the molecule is O=C(Nc1cc(Br)ccc1[N+](=O)[O-])c1cccnc1Cl. The Morgan fingerprint density at radius 2 is 2.15 bits per heavy atom. The van der Waals surface area contributed by atoms with Crippen LogP contribution in [0.15, 0.2) is 41.0 Å². The maximum Gasteiger partial charge on any atom is 0.292 e. The number of nitrogens with one attached hydrogen (secondary N) is 1. The van der Waals surface area contributed by atoms with E-state index in [2.05, 4.69) is 26.2 Å². The van der Waals surface area contributed by atoms with Crippen molar-refractivity contribution in [2.45, 2.75) is 0 Å². The minimum atomic E-state index is -0.576. The van der Waals surface area contributed by atoms with Crippen molar-refractivity contribution in [1.29, 1.82) is 0 Å². The summed E-state index contributed by atoms with van der Waals surface area (Å²) in [5.74, 6) is -0.565. The Balaban J connectivity index is 2.35. The number of nitrogens with zero attached hydrogens (tertiary/aromatic N) is 2. The number of nitro groups is 1. The molecule has 0 bridgehead atoms. The lowest BCUT2D eigenvalue weighted by Gasteiger charge is -2.07. The smallest absolute Gasteiger partial charge is 0.292 e. The highest BCUT2D eigenvalue weighted by atomic mass is 79.9. The summed E-state index contributed by atoms with van der Waals surface area (Å²) < 4.78 is 0.607. The summed E-state index contributed by atoms with van der Waals surface area (Å²) in [7, 11) is 0. The van der Waals surface area contributed by atoms with Crippen molar-refractivity contribution < 1.29 is 9.72 Å². The molecule has 0 aliphatic carbocycles. The fraction of sp³-hybridized carbons (Fsp3) is 0. The number of benzene rings is 1. The highest BCUT2D eigenvalue weighted by Crippen LogP contribution is 2.28. The van der Waals surface area contributed by atoms with Crippen molar-refractivity contribution in [2.24, 2.45) is 0 Å². The predicted octanol–water partition coefficient (Wildman–Crippen LogP) is 3.66. The maximum atomic E-state index is 12.0. The number of pyridine rings is 1. The van der Waals surface area contributed by atoms with E-state index in [0.717, 1.165) is 0 Å². The van der Waals surface area contributed by atoms with Crippen molar-refractivity contribution in [3.8, 4) is 0 Å². The van der Waals surface area contributed by atoms with Crippen LogP contribution in [0.4, 0.5) is 11.4 Å². The number of hydrogen-bond donors (Lipinski definition) is 1. The number of aromatic nitrogens is 1. The molecule has 0 aliphatic rings. The van der Waals surface area contributed by atoms with Gasteiger partial charge in [0.05, 0.1) is 10.5 Å². The molecule has 2 aromatic rings. The molecular formula is C12H7BrClN3O3. The Bertz CT molecular complexity index is 693. The minimum absolute atomic E-state index is 0.0302. The van der Waals surface area contributed by atoms with E-state index in [1.54, 1.807) is 6.07 Å². The normalized spacial score (nSPS) is 10.1. The zero-order chi connectivity index (χ0) is 14.7. The van der Waals surface area contributed by atoms with Gasteiger partial charge in [-0.05, 0) is 24.3 Å². The van der Waals surface area contributed by atoms with Crippen LogP contribution < -0.4 is 5.32 Å². The molecule has 1 heterocycles. The molecule has 0 atom stereocenters. The fourth-order valence-corrected chi connectivity index (χ4v) is 2.08. The largest absolute Gasteiger partial charge is 0.316 e. The van der Waals surface area contributed by atoms with Gasteiger partial charge in [0.1, 0.15) is 10.8 Å². The summed E-state index contributed by atoms with van der Waals surface area (Å²) in [6.45, 7) is 0. The Kier molecular flexibility index (Phi) is 4.31. The van der Waals surface area contributed by atoms with E-state index in [4.69, 9.17) is 11.6 Å². The van der Waals surface area contributed by atoms with Crippen LogP contribution in [0, 0.1) is 10.1 Å². The van der Waals surface area contributed by atoms with Gasteiger partial charge in [-0.1, -0.05) is 27.5 Å². The molecule has 0 spiro atoms. The molecule has 8 heteroatoms. The molecule has 0 unspecified atom stereocenters. The third-order valence-electron chi connectivity index (χ3n) is 2.41. The third-order valence-corrected chi connectivity index (χ3v) is 3.20. The number of carbonyl (C=O) groups is 1. The average molecular weight is 357 g/mol. The highest BCUT2D eigenvalue weighted by Gasteiger charge is 2.18. The number of carbonyl (C=O) groups excluding carboxylic acids is 1. The van der Waals surface area contributed by atoms with Gasteiger partial charge in [-0.25, -0.2) is 4.98 Å². The molecule has 0 fully saturated rings. The molecule has 20 heavy (non-hydrogen) atoms. The number of amides is 1. The van der Waals surface area contributed by atoms with Gasteiger partial charge in [0.2, 0.25) is 0 Å². The van der Waals surface area contributed by atoms with Crippen molar-refractivity contribution in [3.63, 3.8) is 0 Å². The second-order valence-electron chi connectivity index (χ2n) is 3.71. The monoisotopic (exact) mass is 355 g/mol. The van der Waals surface area contributed by atoms with E-state index in [0.29, 0.717) is 4.47 Å². The molecule has 1 N–H and O–H groups in total. The molecule has 6 nitrogen and oxygen atoms in total. The van der Waals surface area contributed by atoms with Gasteiger partial charge in [-0.2, -0.15) is 0 Å². The van der Waals surface area contributed by atoms with Gasteiger partial charge in [0.15, 0.2) is 0 Å². The zero-order valence-electron chi connectivity index (χ0n) is 9.84. The maximum absolute atomic E-state index is 12.0. The van der Waals surface area contributed by atoms with Crippen LogP contribution in [0.3, 0.4) is 0 Å². The molecule has 2 rings (SSSR count). The molecule has 102 valence electrons. The topological polar surface area (TPSA) is 85.1 Å². The first kappa shape index (κ1) is 14.4. The Hall–Kier alpha value is -1.99. The highest BCUT2D eigenvalue weighted by molar-refractivity contribution is 9.10. The molecule has 0 radical (unpaired) electrons. The number of halogens is 2. The van der Waals surface area contributed by atoms with Crippen molar-refractivity contribution in [1.82, 2.24) is 4.98 Å². The number of nitro benzene ring substituents is 1. The Labute approximate surface area is 127 Å². The molecule has 1 aromatic carbocycles. The van der Waals surface area contributed by atoms with E-state index in [-0.39, 0.29) is 22.1 Å². The molecule has 1 aromatic heterocycles. The number of rotatable bonds is 3. The Morgan fingerprint density at radius 1 is 1.40 bits per heavy atom. The van der Waals surface area contributed by atoms with Gasteiger partial charge >= 0.3 is 0 Å². The van der Waals surface area contributed by atoms with Crippen LogP contribution in [0.25, 0.3) is 0 Å². The molecule has 0 aliphatic heterocycles. The van der Waals surface area contributed by atoms with Crippen molar-refractivity contribution >= 4 is 44.8 Å². The average Bonchev–Trinajstić information content (AvgIpc) is 2.38. The van der Waals surface area contributed by atoms with E-state index in [9.17, 15) is 14.9 Å². The number of hydrogen-bond acceptors (Lipinski definition) is 4. The van der Waals surface area contributed by atoms with Crippen LogP contribution in [0.2, 0.25) is 5.15 Å². The molecule has 0 saturated carbocycles. The lowest BCUT2D eigenvalue weighted by atomic mass is 10.2. The summed E-state index contributed by atoms with van der Waals surface area (Å²) in [6.07, 6.45) is 1.45. The number of anilines is 1. The van der Waals surface area contributed by atoms with E-state index < -0.39 is 10.8 Å². The second kappa shape index (κ2) is 5.98. The lowest BCUT2D eigenvalue weighted by Crippen LogP contribution is -2.14. The first-order valence-electron chi connectivity index (χ1n) is 5.35. The van der Waals surface area contributed by atoms with E-state index in [1.807, 2.05) is 0 Å². The van der Waals surface area contributed by atoms with Gasteiger partial charge in [-0.15, -0.1) is 0 Å². The standard InChI is InChI=1S/C12H7BrClN3O3/c13-7-3-4-10(17(19)20)9(6-7)16-12(18)8-2-1-5-15-11(8)14/h1-6H,(H,16,18). The van der Waals surface area contributed by atoms with Gasteiger partial charge in [-0.3, -0.25) is 14.9 Å². The van der Waals surface area contributed by atoms with Crippen molar-refractivity contribution in [3.05, 3.63) is 61.8 Å². The van der Waals surface area contributed by atoms with Crippen LogP contribution in [-0.2, 0) is 0 Å². The predicted molar refractivity (Wildman–Crippen MR) is 78.0 cm³/mol. The van der Waals surface area contributed by atoms with Crippen molar-refractivity contribution in [2.75, 3.05) is 5.32 Å². The fourth-order valence-electron chi connectivity index (χ4n) is 1.51. The van der Waals surface area contributed by atoms with E-state index in [1.165, 1.54) is 30.5 Å². The lowest BCUT2D eigenvalue weighted by molar-refractivity contribution is -0.383. The van der Waals surface area contributed by atoms with Crippen LogP contribution >= 0.6 is 27.5 Å². The van der Waals surface area contributed by atoms with Gasteiger partial charge < -0.3 is 5.32 Å².